The fourth-order valence-electron chi connectivity index (χ4n) is 1.06. The molecular weight excluding hydrogens is 186 g/mol. The van der Waals surface area contributed by atoms with E-state index in [1.807, 2.05) is 13.8 Å². The van der Waals surface area contributed by atoms with Gasteiger partial charge < -0.3 is 5.73 Å². The van der Waals surface area contributed by atoms with Crippen LogP contribution in [0.2, 0.25) is 5.02 Å². The molecule has 2 nitrogen and oxygen atoms in total. The van der Waals surface area contributed by atoms with E-state index in [2.05, 4.69) is 0 Å². The second-order valence-corrected chi connectivity index (χ2v) is 3.63. The van der Waals surface area contributed by atoms with E-state index in [4.69, 9.17) is 17.3 Å². The Kier molecular flexibility index (Phi) is 2.94. The quantitative estimate of drug-likeness (QED) is 0.585. The van der Waals surface area contributed by atoms with Crippen molar-refractivity contribution in [3.63, 3.8) is 0 Å². The summed E-state index contributed by atoms with van der Waals surface area (Å²) in [7, 11) is 0. The fourth-order valence-corrected chi connectivity index (χ4v) is 1.24. The number of carbonyl (C=O) groups is 1. The zero-order valence-electron chi connectivity index (χ0n) is 7.67. The molecule has 0 aliphatic carbocycles. The number of rotatable bonds is 2. The Morgan fingerprint density at radius 1 is 1.46 bits per heavy atom. The predicted octanol–water partition coefficient (Wildman–Crippen LogP) is 2.76. The Hall–Kier alpha value is -1.02. The van der Waals surface area contributed by atoms with E-state index in [1.165, 1.54) is 0 Å². The van der Waals surface area contributed by atoms with Gasteiger partial charge in [0.1, 0.15) is 0 Å². The van der Waals surface area contributed by atoms with Crippen molar-refractivity contribution < 1.29 is 4.79 Å². The van der Waals surface area contributed by atoms with E-state index in [9.17, 15) is 4.79 Å². The minimum atomic E-state index is -0.0548. The Bertz CT molecular complexity index is 334. The summed E-state index contributed by atoms with van der Waals surface area (Å²) < 4.78 is 0. The molecule has 1 aromatic rings. The SMILES string of the molecule is CC(C)C(=O)c1cccc(Cl)c1N. The number of hydrogen-bond donors (Lipinski definition) is 1. The van der Waals surface area contributed by atoms with Gasteiger partial charge in [-0.2, -0.15) is 0 Å². The highest BCUT2D eigenvalue weighted by molar-refractivity contribution is 6.34. The molecule has 0 radical (unpaired) electrons. The van der Waals surface area contributed by atoms with Crippen LogP contribution in [0.25, 0.3) is 0 Å². The molecule has 0 saturated carbocycles. The van der Waals surface area contributed by atoms with Crippen molar-refractivity contribution in [3.05, 3.63) is 28.8 Å². The first-order valence-corrected chi connectivity index (χ1v) is 4.50. The van der Waals surface area contributed by atoms with E-state index in [-0.39, 0.29) is 11.7 Å². The van der Waals surface area contributed by atoms with Crippen molar-refractivity contribution in [2.24, 2.45) is 5.92 Å². The molecule has 13 heavy (non-hydrogen) atoms. The number of hydrogen-bond acceptors (Lipinski definition) is 2. The van der Waals surface area contributed by atoms with Crippen molar-refractivity contribution in [2.45, 2.75) is 13.8 Å². The Labute approximate surface area is 82.7 Å². The van der Waals surface area contributed by atoms with E-state index in [0.717, 1.165) is 0 Å². The molecule has 3 heteroatoms. The van der Waals surface area contributed by atoms with E-state index in [1.54, 1.807) is 18.2 Å². The fraction of sp³-hybridized carbons (Fsp3) is 0.300. The first kappa shape index (κ1) is 10.1. The molecule has 2 N–H and O–H groups in total. The van der Waals surface area contributed by atoms with E-state index < -0.39 is 0 Å². The molecule has 70 valence electrons. The first-order valence-electron chi connectivity index (χ1n) is 4.12. The molecule has 0 unspecified atom stereocenters. The zero-order chi connectivity index (χ0) is 10.0. The molecule has 0 amide bonds. The van der Waals surface area contributed by atoms with Gasteiger partial charge in [0, 0.05) is 11.5 Å². The van der Waals surface area contributed by atoms with Gasteiger partial charge in [-0.05, 0) is 12.1 Å². The molecule has 0 heterocycles. The molecule has 1 rings (SSSR count). The molecule has 0 bridgehead atoms. The highest BCUT2D eigenvalue weighted by atomic mass is 35.5. The van der Waals surface area contributed by atoms with Crippen molar-refractivity contribution in [2.75, 3.05) is 5.73 Å². The Balaban J connectivity index is 3.15. The number of nitrogens with two attached hydrogens (primary N) is 1. The largest absolute Gasteiger partial charge is 0.397 e. The Morgan fingerprint density at radius 3 is 2.62 bits per heavy atom. The van der Waals surface area contributed by atoms with Gasteiger partial charge in [-0.15, -0.1) is 0 Å². The van der Waals surface area contributed by atoms with Crippen molar-refractivity contribution in [3.8, 4) is 0 Å². The van der Waals surface area contributed by atoms with Crippen LogP contribution in [0.1, 0.15) is 24.2 Å². The van der Waals surface area contributed by atoms with Gasteiger partial charge in [0.25, 0.3) is 0 Å². The molecule has 0 atom stereocenters. The monoisotopic (exact) mass is 197 g/mol. The maximum absolute atomic E-state index is 11.6. The molecule has 0 aromatic heterocycles. The lowest BCUT2D eigenvalue weighted by molar-refractivity contribution is 0.0940. The average molecular weight is 198 g/mol. The van der Waals surface area contributed by atoms with Crippen LogP contribution in [-0.4, -0.2) is 5.78 Å². The van der Waals surface area contributed by atoms with Gasteiger partial charge in [-0.25, -0.2) is 0 Å². The van der Waals surface area contributed by atoms with Gasteiger partial charge in [-0.1, -0.05) is 31.5 Å². The number of Topliss-reactive ketones (excluding diaryl/α,β-unsaturated/α-hetero) is 1. The summed E-state index contributed by atoms with van der Waals surface area (Å²) in [6, 6.07) is 5.10. The normalized spacial score (nSPS) is 10.5. The van der Waals surface area contributed by atoms with Crippen molar-refractivity contribution in [1.82, 2.24) is 0 Å². The summed E-state index contributed by atoms with van der Waals surface area (Å²) in [5, 5.41) is 0.437. The number of benzene rings is 1. The second-order valence-electron chi connectivity index (χ2n) is 3.22. The highest BCUT2D eigenvalue weighted by Crippen LogP contribution is 2.24. The van der Waals surface area contributed by atoms with Gasteiger partial charge in [0.15, 0.2) is 5.78 Å². The van der Waals surface area contributed by atoms with Crippen LogP contribution in [0.5, 0.6) is 0 Å². The van der Waals surface area contributed by atoms with Crippen molar-refractivity contribution in [1.29, 1.82) is 0 Å². The summed E-state index contributed by atoms with van der Waals surface area (Å²) >= 11 is 5.79. The number of nitrogen functional groups attached to an aromatic ring is 1. The minimum absolute atomic E-state index is 0.0278. The summed E-state index contributed by atoms with van der Waals surface area (Å²) in [6.45, 7) is 3.67. The van der Waals surface area contributed by atoms with Crippen LogP contribution in [0.4, 0.5) is 5.69 Å². The number of para-hydroxylation sites is 1. The minimum Gasteiger partial charge on any atom is -0.397 e. The van der Waals surface area contributed by atoms with E-state index >= 15 is 0 Å². The third kappa shape index (κ3) is 2.01. The van der Waals surface area contributed by atoms with Crippen LogP contribution in [0, 0.1) is 5.92 Å². The van der Waals surface area contributed by atoms with Gasteiger partial charge in [0.05, 0.1) is 10.7 Å². The summed E-state index contributed by atoms with van der Waals surface area (Å²) in [5.41, 5.74) is 6.56. The van der Waals surface area contributed by atoms with Crippen LogP contribution in [0.3, 0.4) is 0 Å². The molecule has 0 aliphatic heterocycles. The van der Waals surface area contributed by atoms with Gasteiger partial charge >= 0.3 is 0 Å². The van der Waals surface area contributed by atoms with E-state index in [0.29, 0.717) is 16.3 Å². The third-order valence-electron chi connectivity index (χ3n) is 1.84. The molecular formula is C10H12ClNO. The number of ketones is 1. The second kappa shape index (κ2) is 3.79. The maximum atomic E-state index is 11.6. The number of anilines is 1. The number of carbonyl (C=O) groups excluding carboxylic acids is 1. The predicted molar refractivity (Wildman–Crippen MR) is 55.0 cm³/mol. The molecule has 1 aromatic carbocycles. The molecule has 0 fully saturated rings. The molecule has 0 spiro atoms. The summed E-state index contributed by atoms with van der Waals surface area (Å²) in [5.74, 6) is -0.0271. The summed E-state index contributed by atoms with van der Waals surface area (Å²) in [4.78, 5) is 11.6. The van der Waals surface area contributed by atoms with Crippen LogP contribution < -0.4 is 5.73 Å². The van der Waals surface area contributed by atoms with Gasteiger partial charge in [-0.3, -0.25) is 4.79 Å². The Morgan fingerprint density at radius 2 is 2.08 bits per heavy atom. The first-order chi connectivity index (χ1) is 6.04. The lowest BCUT2D eigenvalue weighted by Crippen LogP contribution is -2.10. The van der Waals surface area contributed by atoms with Crippen LogP contribution in [0.15, 0.2) is 18.2 Å². The zero-order valence-corrected chi connectivity index (χ0v) is 8.43. The molecule has 0 aliphatic rings. The maximum Gasteiger partial charge on any atom is 0.167 e. The topological polar surface area (TPSA) is 43.1 Å². The third-order valence-corrected chi connectivity index (χ3v) is 2.17. The molecule has 0 saturated heterocycles. The smallest absolute Gasteiger partial charge is 0.167 e. The van der Waals surface area contributed by atoms with Crippen molar-refractivity contribution >= 4 is 23.1 Å². The lowest BCUT2D eigenvalue weighted by Gasteiger charge is -2.07. The highest BCUT2D eigenvalue weighted by Gasteiger charge is 2.14. The number of halogens is 1. The van der Waals surface area contributed by atoms with Gasteiger partial charge in [0.2, 0.25) is 0 Å². The summed E-state index contributed by atoms with van der Waals surface area (Å²) in [6.07, 6.45) is 0. The lowest BCUT2D eigenvalue weighted by atomic mass is 10.00. The van der Waals surface area contributed by atoms with Crippen LogP contribution in [-0.2, 0) is 0 Å². The van der Waals surface area contributed by atoms with Crippen LogP contribution >= 0.6 is 11.6 Å². The average Bonchev–Trinajstić information content (AvgIpc) is 2.08. The standard InChI is InChI=1S/C10H12ClNO/c1-6(2)10(13)7-4-3-5-8(11)9(7)12/h3-6H,12H2,1-2H3.